The first-order chi connectivity index (χ1) is 6.95. The Labute approximate surface area is 87.9 Å². The van der Waals surface area contributed by atoms with Crippen LogP contribution in [0, 0.1) is 11.3 Å². The van der Waals surface area contributed by atoms with Crippen LogP contribution in [0.5, 0.6) is 0 Å². The lowest BCUT2D eigenvalue weighted by Gasteiger charge is -2.23. The molecule has 0 saturated heterocycles. The van der Waals surface area contributed by atoms with Crippen molar-refractivity contribution in [1.82, 2.24) is 4.98 Å². The maximum atomic E-state index is 11.0. The number of anilines is 1. The highest BCUT2D eigenvalue weighted by Crippen LogP contribution is 2.13. The molecule has 0 atom stereocenters. The molecule has 0 unspecified atom stereocenters. The molecule has 1 heterocycles. The van der Waals surface area contributed by atoms with Gasteiger partial charge in [-0.25, -0.2) is 4.98 Å². The van der Waals surface area contributed by atoms with E-state index in [9.17, 15) is 4.79 Å². The molecule has 0 fully saturated rings. The van der Waals surface area contributed by atoms with Crippen molar-refractivity contribution in [3.8, 4) is 6.07 Å². The number of hydrogen-bond donors (Lipinski definition) is 2. The summed E-state index contributed by atoms with van der Waals surface area (Å²) in [5.74, 6) is -0.452. The van der Waals surface area contributed by atoms with Crippen LogP contribution >= 0.6 is 0 Å². The summed E-state index contributed by atoms with van der Waals surface area (Å²) in [6.07, 6.45) is 1.49. The second kappa shape index (κ2) is 3.96. The molecular weight excluding hydrogens is 192 g/mol. The average molecular weight is 204 g/mol. The fourth-order valence-electron chi connectivity index (χ4n) is 0.956. The molecule has 1 amide bonds. The number of amides is 1. The van der Waals surface area contributed by atoms with E-state index in [1.807, 2.05) is 6.07 Å². The van der Waals surface area contributed by atoms with Crippen LogP contribution < -0.4 is 11.1 Å². The van der Waals surface area contributed by atoms with Gasteiger partial charge in [-0.1, -0.05) is 0 Å². The Hall–Kier alpha value is -2.09. The number of pyridine rings is 1. The first-order valence-corrected chi connectivity index (χ1v) is 4.40. The van der Waals surface area contributed by atoms with Crippen LogP contribution in [0.25, 0.3) is 0 Å². The number of hydrogen-bond acceptors (Lipinski definition) is 4. The van der Waals surface area contributed by atoms with Gasteiger partial charge in [-0.2, -0.15) is 5.26 Å². The summed E-state index contributed by atoms with van der Waals surface area (Å²) in [5, 5.41) is 11.5. The molecule has 0 spiro atoms. The Kier molecular flexibility index (Phi) is 2.90. The van der Waals surface area contributed by atoms with Crippen molar-refractivity contribution in [2.45, 2.75) is 19.4 Å². The average Bonchev–Trinajstić information content (AvgIpc) is 2.18. The normalized spacial score (nSPS) is 10.5. The summed E-state index contributed by atoms with van der Waals surface area (Å²) in [7, 11) is 0. The van der Waals surface area contributed by atoms with Crippen molar-refractivity contribution >= 4 is 11.6 Å². The van der Waals surface area contributed by atoms with Crippen LogP contribution in [0.1, 0.15) is 19.5 Å². The third-order valence-corrected chi connectivity index (χ3v) is 1.95. The maximum Gasteiger partial charge on any atom is 0.242 e. The standard InChI is InChI=1S/C10H12N4O/c1-10(2,9(12)15)14-8-4-3-7(5-11)13-6-8/h3-4,6,14H,1-2H3,(H2,12,15). The van der Waals surface area contributed by atoms with Crippen LogP contribution in [-0.2, 0) is 4.79 Å². The first-order valence-electron chi connectivity index (χ1n) is 4.40. The number of nitrogens with two attached hydrogens (primary N) is 1. The summed E-state index contributed by atoms with van der Waals surface area (Å²) >= 11 is 0. The summed E-state index contributed by atoms with van der Waals surface area (Å²) in [6, 6.07) is 5.15. The molecule has 1 aromatic rings. The largest absolute Gasteiger partial charge is 0.370 e. The van der Waals surface area contributed by atoms with Crippen molar-refractivity contribution < 1.29 is 4.79 Å². The molecule has 5 nitrogen and oxygen atoms in total. The van der Waals surface area contributed by atoms with Gasteiger partial charge in [0.05, 0.1) is 11.9 Å². The lowest BCUT2D eigenvalue weighted by Crippen LogP contribution is -2.45. The van der Waals surface area contributed by atoms with Gasteiger partial charge in [0, 0.05) is 0 Å². The van der Waals surface area contributed by atoms with Gasteiger partial charge in [0.2, 0.25) is 5.91 Å². The van der Waals surface area contributed by atoms with Gasteiger partial charge < -0.3 is 11.1 Å². The highest BCUT2D eigenvalue weighted by atomic mass is 16.1. The zero-order valence-corrected chi connectivity index (χ0v) is 8.61. The van der Waals surface area contributed by atoms with Gasteiger partial charge in [-0.15, -0.1) is 0 Å². The Balaban J connectivity index is 2.83. The lowest BCUT2D eigenvalue weighted by atomic mass is 10.1. The number of primary amides is 1. The molecule has 0 aliphatic heterocycles. The van der Waals surface area contributed by atoms with Crippen LogP contribution in [0.15, 0.2) is 18.3 Å². The Bertz CT molecular complexity index is 402. The molecule has 0 radical (unpaired) electrons. The summed E-state index contributed by atoms with van der Waals surface area (Å²) < 4.78 is 0. The zero-order valence-electron chi connectivity index (χ0n) is 8.61. The van der Waals surface area contributed by atoms with Gasteiger partial charge in [0.15, 0.2) is 0 Å². The molecule has 3 N–H and O–H groups in total. The van der Waals surface area contributed by atoms with E-state index in [1.54, 1.807) is 26.0 Å². The number of aromatic nitrogens is 1. The maximum absolute atomic E-state index is 11.0. The topological polar surface area (TPSA) is 91.8 Å². The molecule has 5 heteroatoms. The number of nitrogens with one attached hydrogen (secondary N) is 1. The SMILES string of the molecule is CC(C)(Nc1ccc(C#N)nc1)C(N)=O. The van der Waals surface area contributed by atoms with Crippen molar-refractivity contribution in [2.24, 2.45) is 5.73 Å². The third-order valence-electron chi connectivity index (χ3n) is 1.95. The Morgan fingerprint density at radius 2 is 2.27 bits per heavy atom. The number of rotatable bonds is 3. The van der Waals surface area contributed by atoms with E-state index in [-0.39, 0.29) is 0 Å². The number of carbonyl (C=O) groups excluding carboxylic acids is 1. The van der Waals surface area contributed by atoms with E-state index >= 15 is 0 Å². The fourth-order valence-corrected chi connectivity index (χ4v) is 0.956. The van der Waals surface area contributed by atoms with Crippen molar-refractivity contribution in [2.75, 3.05) is 5.32 Å². The van der Waals surface area contributed by atoms with Gasteiger partial charge in [-0.05, 0) is 26.0 Å². The van der Waals surface area contributed by atoms with E-state index in [0.717, 1.165) is 0 Å². The second-order valence-corrected chi connectivity index (χ2v) is 3.66. The van der Waals surface area contributed by atoms with E-state index < -0.39 is 11.4 Å². The quantitative estimate of drug-likeness (QED) is 0.755. The van der Waals surface area contributed by atoms with Gasteiger partial charge in [-0.3, -0.25) is 4.79 Å². The van der Waals surface area contributed by atoms with Crippen molar-refractivity contribution in [3.63, 3.8) is 0 Å². The van der Waals surface area contributed by atoms with E-state index in [2.05, 4.69) is 10.3 Å². The summed E-state index contributed by atoms with van der Waals surface area (Å²) in [4.78, 5) is 14.9. The monoisotopic (exact) mass is 204 g/mol. The van der Waals surface area contributed by atoms with Crippen LogP contribution in [-0.4, -0.2) is 16.4 Å². The second-order valence-electron chi connectivity index (χ2n) is 3.66. The van der Waals surface area contributed by atoms with Crippen molar-refractivity contribution in [3.05, 3.63) is 24.0 Å². The highest BCUT2D eigenvalue weighted by Gasteiger charge is 2.24. The molecule has 0 aliphatic carbocycles. The fraction of sp³-hybridized carbons (Fsp3) is 0.300. The molecule has 0 saturated carbocycles. The number of nitriles is 1. The molecule has 0 aromatic carbocycles. The van der Waals surface area contributed by atoms with E-state index in [0.29, 0.717) is 11.4 Å². The van der Waals surface area contributed by atoms with Crippen molar-refractivity contribution in [1.29, 1.82) is 5.26 Å². The zero-order chi connectivity index (χ0) is 11.5. The van der Waals surface area contributed by atoms with E-state index in [4.69, 9.17) is 11.0 Å². The smallest absolute Gasteiger partial charge is 0.242 e. The van der Waals surface area contributed by atoms with Gasteiger partial charge >= 0.3 is 0 Å². The predicted octanol–water partition coefficient (Wildman–Crippen LogP) is 0.629. The lowest BCUT2D eigenvalue weighted by molar-refractivity contribution is -0.121. The predicted molar refractivity (Wildman–Crippen MR) is 55.8 cm³/mol. The Morgan fingerprint density at radius 3 is 2.67 bits per heavy atom. The Morgan fingerprint density at radius 1 is 1.60 bits per heavy atom. The van der Waals surface area contributed by atoms with E-state index in [1.165, 1.54) is 6.20 Å². The molecule has 0 aliphatic rings. The van der Waals surface area contributed by atoms with Crippen LogP contribution in [0.2, 0.25) is 0 Å². The summed E-state index contributed by atoms with van der Waals surface area (Å²) in [6.45, 7) is 3.35. The molecule has 1 aromatic heterocycles. The molecule has 0 bridgehead atoms. The molecule has 15 heavy (non-hydrogen) atoms. The summed E-state index contributed by atoms with van der Waals surface area (Å²) in [5.41, 5.74) is 5.34. The first kappa shape index (κ1) is 11.0. The van der Waals surface area contributed by atoms with Gasteiger partial charge in [0.1, 0.15) is 17.3 Å². The molecular formula is C10H12N4O. The minimum absolute atomic E-state index is 0.331. The van der Waals surface area contributed by atoms with Gasteiger partial charge in [0.25, 0.3) is 0 Å². The number of nitrogens with zero attached hydrogens (tertiary/aromatic N) is 2. The number of carbonyl (C=O) groups is 1. The third kappa shape index (κ3) is 2.68. The highest BCUT2D eigenvalue weighted by molar-refractivity contribution is 5.86. The van der Waals surface area contributed by atoms with Crippen LogP contribution in [0.3, 0.4) is 0 Å². The minimum atomic E-state index is -0.837. The molecule has 78 valence electrons. The molecule has 1 rings (SSSR count). The van der Waals surface area contributed by atoms with Crippen LogP contribution in [0.4, 0.5) is 5.69 Å². The minimum Gasteiger partial charge on any atom is -0.370 e.